The first-order chi connectivity index (χ1) is 11.6. The number of aliphatic imine (C=N–C) groups is 1. The topological polar surface area (TPSA) is 57.2 Å². The Morgan fingerprint density at radius 3 is 2.28 bits per heavy atom. The van der Waals surface area contributed by atoms with Crippen molar-refractivity contribution in [1.82, 2.24) is 14.7 Å². The van der Waals surface area contributed by atoms with Gasteiger partial charge in [-0.15, -0.1) is 0 Å². The molecule has 2 aromatic rings. The smallest absolute Gasteiger partial charge is 0.369 e. The summed E-state index contributed by atoms with van der Waals surface area (Å²) in [5.41, 5.74) is -2.48. The normalized spacial score (nSPS) is 11.8. The van der Waals surface area contributed by atoms with Gasteiger partial charge in [0.1, 0.15) is 11.8 Å². The molecular weight excluding hydrogens is 460 g/mol. The van der Waals surface area contributed by atoms with Gasteiger partial charge in [-0.2, -0.15) is 23.5 Å². The molecule has 0 N–H and O–H groups in total. The summed E-state index contributed by atoms with van der Waals surface area (Å²) in [7, 11) is 3.28. The van der Waals surface area contributed by atoms with Crippen molar-refractivity contribution in [2.45, 2.75) is 6.18 Å². The maximum atomic E-state index is 14.2. The van der Waals surface area contributed by atoms with Crippen LogP contribution in [0.1, 0.15) is 11.3 Å². The monoisotopic (exact) mass is 469 g/mol. The molecule has 2 rings (SSSR count). The van der Waals surface area contributed by atoms with Gasteiger partial charge in [0.05, 0.1) is 15.5 Å². The molecule has 0 bridgehead atoms. The van der Waals surface area contributed by atoms with Crippen LogP contribution in [-0.2, 0) is 6.18 Å². The van der Waals surface area contributed by atoms with E-state index in [1.165, 1.54) is 11.2 Å². The van der Waals surface area contributed by atoms with Crippen LogP contribution in [-0.4, -0.2) is 35.1 Å². The first-order valence-electron chi connectivity index (χ1n) is 6.52. The van der Waals surface area contributed by atoms with Crippen LogP contribution in [0.15, 0.2) is 17.1 Å². The maximum Gasteiger partial charge on any atom is 0.416 e. The highest BCUT2D eigenvalue weighted by molar-refractivity contribution is 14.1. The molecule has 0 aliphatic rings. The molecule has 1 aromatic carbocycles. The Morgan fingerprint density at radius 1 is 1.28 bits per heavy atom. The molecule has 0 radical (unpaired) electrons. The Balaban J connectivity index is 2.73. The molecule has 0 unspecified atom stereocenters. The van der Waals surface area contributed by atoms with Crippen LogP contribution in [0.4, 0.5) is 27.8 Å². The van der Waals surface area contributed by atoms with E-state index in [4.69, 9.17) is 5.26 Å². The molecule has 0 saturated heterocycles. The summed E-state index contributed by atoms with van der Waals surface area (Å²) in [6.45, 7) is 0. The van der Waals surface area contributed by atoms with E-state index in [0.29, 0.717) is 4.68 Å². The first kappa shape index (κ1) is 19.1. The standard InChI is InChI=1S/C14H9F5IN5/c1-24(2)6-22-13-11(20)10(5-21)23-25(13)12-8(15)3-7(4-9(12)16)14(17,18)19/h3-4,6H,1-2H3/b22-6-. The van der Waals surface area contributed by atoms with Crippen LogP contribution in [0.5, 0.6) is 0 Å². The van der Waals surface area contributed by atoms with Gasteiger partial charge in [0.15, 0.2) is 23.1 Å². The number of hydrogen-bond acceptors (Lipinski definition) is 3. The molecule has 0 amide bonds. The van der Waals surface area contributed by atoms with Crippen molar-refractivity contribution >= 4 is 34.7 Å². The molecule has 1 aromatic heterocycles. The van der Waals surface area contributed by atoms with Crippen LogP contribution in [0.2, 0.25) is 0 Å². The molecule has 0 atom stereocenters. The molecule has 0 aliphatic carbocycles. The lowest BCUT2D eigenvalue weighted by Crippen LogP contribution is -2.11. The van der Waals surface area contributed by atoms with Crippen molar-refractivity contribution in [3.05, 3.63) is 38.6 Å². The molecule has 5 nitrogen and oxygen atoms in total. The third-order valence-corrected chi connectivity index (χ3v) is 3.87. The van der Waals surface area contributed by atoms with Crippen molar-refractivity contribution in [2.24, 2.45) is 4.99 Å². The number of nitrogens with zero attached hydrogens (tertiary/aromatic N) is 5. The summed E-state index contributed by atoms with van der Waals surface area (Å²) in [6, 6.07) is 2.07. The number of alkyl halides is 3. The average molecular weight is 469 g/mol. The van der Waals surface area contributed by atoms with Gasteiger partial charge in [-0.05, 0) is 34.7 Å². The van der Waals surface area contributed by atoms with E-state index in [-0.39, 0.29) is 27.2 Å². The lowest BCUT2D eigenvalue weighted by atomic mass is 10.2. The van der Waals surface area contributed by atoms with E-state index in [1.807, 2.05) is 0 Å². The Kier molecular flexibility index (Phi) is 5.31. The fourth-order valence-corrected chi connectivity index (χ4v) is 2.43. The van der Waals surface area contributed by atoms with Gasteiger partial charge < -0.3 is 4.90 Å². The van der Waals surface area contributed by atoms with Crippen molar-refractivity contribution in [2.75, 3.05) is 14.1 Å². The SMILES string of the molecule is CN(C)/C=N\c1c(I)c(C#N)nn1-c1c(F)cc(C(F)(F)F)cc1F. The van der Waals surface area contributed by atoms with Gasteiger partial charge in [0, 0.05) is 14.1 Å². The van der Waals surface area contributed by atoms with Gasteiger partial charge in [0.25, 0.3) is 0 Å². The highest BCUT2D eigenvalue weighted by Gasteiger charge is 2.33. The van der Waals surface area contributed by atoms with Crippen LogP contribution in [0.25, 0.3) is 5.69 Å². The summed E-state index contributed by atoms with van der Waals surface area (Å²) >= 11 is 1.72. The molecule has 0 aliphatic heterocycles. The van der Waals surface area contributed by atoms with E-state index in [0.717, 1.165) is 0 Å². The quantitative estimate of drug-likeness (QED) is 0.297. The number of rotatable bonds is 3. The average Bonchev–Trinajstić information content (AvgIpc) is 2.79. The number of benzene rings is 1. The van der Waals surface area contributed by atoms with Crippen molar-refractivity contribution in [3.63, 3.8) is 0 Å². The zero-order chi connectivity index (χ0) is 18.9. The molecule has 0 spiro atoms. The second-order valence-electron chi connectivity index (χ2n) is 5.00. The van der Waals surface area contributed by atoms with Crippen molar-refractivity contribution < 1.29 is 22.0 Å². The predicted molar refractivity (Wildman–Crippen MR) is 87.8 cm³/mol. The Labute approximate surface area is 152 Å². The van der Waals surface area contributed by atoms with Crippen LogP contribution < -0.4 is 0 Å². The summed E-state index contributed by atoms with van der Waals surface area (Å²) in [5, 5.41) is 12.8. The predicted octanol–water partition coefficient (Wildman–Crippen LogP) is 3.87. The zero-order valence-electron chi connectivity index (χ0n) is 12.7. The van der Waals surface area contributed by atoms with E-state index < -0.39 is 29.1 Å². The van der Waals surface area contributed by atoms with Crippen LogP contribution >= 0.6 is 22.6 Å². The molecule has 25 heavy (non-hydrogen) atoms. The maximum absolute atomic E-state index is 14.2. The van der Waals surface area contributed by atoms with Gasteiger partial charge in [-0.3, -0.25) is 0 Å². The third kappa shape index (κ3) is 3.89. The fourth-order valence-electron chi connectivity index (χ4n) is 1.83. The minimum Gasteiger partial charge on any atom is -0.369 e. The van der Waals surface area contributed by atoms with Crippen molar-refractivity contribution in [1.29, 1.82) is 5.26 Å². The van der Waals surface area contributed by atoms with E-state index in [2.05, 4.69) is 10.1 Å². The second kappa shape index (κ2) is 6.95. The van der Waals surface area contributed by atoms with E-state index in [9.17, 15) is 22.0 Å². The summed E-state index contributed by atoms with van der Waals surface area (Å²) < 4.78 is 67.3. The van der Waals surface area contributed by atoms with E-state index in [1.54, 1.807) is 42.8 Å². The molecule has 0 fully saturated rings. The molecule has 0 saturated carbocycles. The molecule has 132 valence electrons. The molecular formula is C14H9F5IN5. The third-order valence-electron chi connectivity index (χ3n) is 2.88. The van der Waals surface area contributed by atoms with Crippen LogP contribution in [0, 0.1) is 26.5 Å². The number of aromatic nitrogens is 2. The lowest BCUT2D eigenvalue weighted by molar-refractivity contribution is -0.138. The highest BCUT2D eigenvalue weighted by atomic mass is 127. The summed E-state index contributed by atoms with van der Waals surface area (Å²) in [6.07, 6.45) is -3.60. The molecule has 11 heteroatoms. The summed E-state index contributed by atoms with van der Waals surface area (Å²) in [5.74, 6) is -3.03. The lowest BCUT2D eigenvalue weighted by Gasteiger charge is -2.12. The Bertz CT molecular complexity index is 856. The van der Waals surface area contributed by atoms with Gasteiger partial charge in [0.2, 0.25) is 0 Å². The highest BCUT2D eigenvalue weighted by Crippen LogP contribution is 2.35. The fraction of sp³-hybridized carbons (Fsp3) is 0.214. The molecule has 1 heterocycles. The van der Waals surface area contributed by atoms with Gasteiger partial charge >= 0.3 is 6.18 Å². The first-order valence-corrected chi connectivity index (χ1v) is 7.60. The zero-order valence-corrected chi connectivity index (χ0v) is 14.9. The second-order valence-corrected chi connectivity index (χ2v) is 6.08. The minimum absolute atomic E-state index is 0.0802. The largest absolute Gasteiger partial charge is 0.416 e. The van der Waals surface area contributed by atoms with Gasteiger partial charge in [-0.1, -0.05) is 0 Å². The van der Waals surface area contributed by atoms with E-state index >= 15 is 0 Å². The Hall–Kier alpha value is -2.23. The van der Waals surface area contributed by atoms with Crippen molar-refractivity contribution in [3.8, 4) is 11.8 Å². The number of halogens is 6. The number of hydrogen-bond donors (Lipinski definition) is 0. The number of nitriles is 1. The van der Waals surface area contributed by atoms with Crippen LogP contribution in [0.3, 0.4) is 0 Å². The summed E-state index contributed by atoms with van der Waals surface area (Å²) in [4.78, 5) is 5.52. The van der Waals surface area contributed by atoms with Gasteiger partial charge in [-0.25, -0.2) is 18.5 Å². The Morgan fingerprint density at radius 2 is 1.84 bits per heavy atom. The minimum atomic E-state index is -4.90.